The fourth-order valence-electron chi connectivity index (χ4n) is 1.45. The van der Waals surface area contributed by atoms with Gasteiger partial charge in [-0.2, -0.15) is 0 Å². The topological polar surface area (TPSA) is 136 Å². The fourth-order valence-corrected chi connectivity index (χ4v) is 1.45. The van der Waals surface area contributed by atoms with Crippen LogP contribution in [0.4, 0.5) is 4.79 Å². The standard InChI is InChI=1S/C11H17N5O4/c1-2-13-9(17)5-14-11(20)16-8(10(18)19)3-7-4-12-6-15-7/h4,6,8H,2-3,5H2,1H3,(H,12,15)(H,13,17)(H,18,19)(H2,14,16,20)/t8-/m0/s1. The Hall–Kier alpha value is -2.58. The van der Waals surface area contributed by atoms with Crippen molar-refractivity contribution in [2.45, 2.75) is 19.4 Å². The predicted octanol–water partition coefficient (Wildman–Crippen LogP) is -1.16. The molecule has 0 aliphatic carbocycles. The lowest BCUT2D eigenvalue weighted by Gasteiger charge is -2.14. The molecule has 1 aromatic rings. The van der Waals surface area contributed by atoms with E-state index in [9.17, 15) is 14.4 Å². The summed E-state index contributed by atoms with van der Waals surface area (Å²) in [7, 11) is 0. The van der Waals surface area contributed by atoms with E-state index in [1.165, 1.54) is 12.5 Å². The van der Waals surface area contributed by atoms with Crippen LogP contribution in [-0.4, -0.2) is 52.1 Å². The summed E-state index contributed by atoms with van der Waals surface area (Å²) in [4.78, 5) is 40.2. The minimum Gasteiger partial charge on any atom is -0.480 e. The summed E-state index contributed by atoms with van der Waals surface area (Å²) in [6.45, 7) is 2.00. The van der Waals surface area contributed by atoms with Crippen LogP contribution < -0.4 is 16.0 Å². The van der Waals surface area contributed by atoms with Gasteiger partial charge in [0.1, 0.15) is 6.04 Å². The number of H-pyrrole nitrogens is 1. The summed E-state index contributed by atoms with van der Waals surface area (Å²) in [5.74, 6) is -1.52. The van der Waals surface area contributed by atoms with Gasteiger partial charge in [-0.15, -0.1) is 0 Å². The average molecular weight is 283 g/mol. The molecule has 5 N–H and O–H groups in total. The van der Waals surface area contributed by atoms with E-state index in [0.717, 1.165) is 0 Å². The average Bonchev–Trinajstić information content (AvgIpc) is 2.89. The first kappa shape index (κ1) is 15.5. The van der Waals surface area contributed by atoms with Gasteiger partial charge in [-0.1, -0.05) is 0 Å². The van der Waals surface area contributed by atoms with Gasteiger partial charge >= 0.3 is 12.0 Å². The minimum absolute atomic E-state index is 0.0733. The van der Waals surface area contributed by atoms with Crippen molar-refractivity contribution in [1.29, 1.82) is 0 Å². The molecule has 0 unspecified atom stereocenters. The number of aliphatic carboxylic acids is 1. The van der Waals surface area contributed by atoms with Crippen LogP contribution in [-0.2, 0) is 16.0 Å². The molecule has 0 saturated heterocycles. The maximum Gasteiger partial charge on any atom is 0.326 e. The zero-order chi connectivity index (χ0) is 15.0. The van der Waals surface area contributed by atoms with Gasteiger partial charge in [-0.3, -0.25) is 4.79 Å². The van der Waals surface area contributed by atoms with E-state index < -0.39 is 18.0 Å². The zero-order valence-corrected chi connectivity index (χ0v) is 11.0. The maximum absolute atomic E-state index is 11.5. The first-order valence-electron chi connectivity index (χ1n) is 6.04. The number of likely N-dealkylation sites (N-methyl/N-ethyl adjacent to an activating group) is 1. The summed E-state index contributed by atoms with van der Waals surface area (Å²) < 4.78 is 0. The molecule has 0 spiro atoms. The number of amides is 3. The number of carbonyl (C=O) groups excluding carboxylic acids is 2. The molecular formula is C11H17N5O4. The summed E-state index contributed by atoms with van der Waals surface area (Å²) in [6, 6.07) is -1.83. The van der Waals surface area contributed by atoms with Gasteiger partial charge in [0.05, 0.1) is 12.9 Å². The Labute approximate surface area is 115 Å². The molecule has 0 radical (unpaired) electrons. The van der Waals surface area contributed by atoms with Crippen LogP contribution in [0.25, 0.3) is 0 Å². The first-order valence-corrected chi connectivity index (χ1v) is 6.04. The van der Waals surface area contributed by atoms with Crippen molar-refractivity contribution < 1.29 is 19.5 Å². The molecule has 9 nitrogen and oxygen atoms in total. The van der Waals surface area contributed by atoms with Crippen LogP contribution in [0, 0.1) is 0 Å². The van der Waals surface area contributed by atoms with Gasteiger partial charge in [0, 0.05) is 24.9 Å². The molecule has 0 aliphatic heterocycles. The number of urea groups is 1. The van der Waals surface area contributed by atoms with Crippen molar-refractivity contribution in [3.63, 3.8) is 0 Å². The van der Waals surface area contributed by atoms with E-state index >= 15 is 0 Å². The number of aromatic amines is 1. The minimum atomic E-state index is -1.17. The summed E-state index contributed by atoms with van der Waals surface area (Å²) >= 11 is 0. The number of imidazole rings is 1. The lowest BCUT2D eigenvalue weighted by Crippen LogP contribution is -2.49. The Kier molecular flexibility index (Phi) is 6.01. The largest absolute Gasteiger partial charge is 0.480 e. The third-order valence-corrected chi connectivity index (χ3v) is 2.37. The van der Waals surface area contributed by atoms with Crippen molar-refractivity contribution in [3.8, 4) is 0 Å². The second kappa shape index (κ2) is 7.77. The van der Waals surface area contributed by atoms with Crippen molar-refractivity contribution in [3.05, 3.63) is 18.2 Å². The second-order valence-electron chi connectivity index (χ2n) is 3.95. The lowest BCUT2D eigenvalue weighted by atomic mass is 10.2. The van der Waals surface area contributed by atoms with Crippen molar-refractivity contribution in [1.82, 2.24) is 25.9 Å². The molecule has 110 valence electrons. The molecule has 0 aromatic carbocycles. The monoisotopic (exact) mass is 283 g/mol. The molecule has 1 atom stereocenters. The van der Waals surface area contributed by atoms with Gasteiger partial charge < -0.3 is 26.0 Å². The van der Waals surface area contributed by atoms with E-state index in [2.05, 4.69) is 25.9 Å². The Morgan fingerprint density at radius 3 is 2.70 bits per heavy atom. The quantitative estimate of drug-likeness (QED) is 0.430. The smallest absolute Gasteiger partial charge is 0.326 e. The number of rotatable bonds is 7. The zero-order valence-electron chi connectivity index (χ0n) is 11.0. The van der Waals surface area contributed by atoms with E-state index in [1.807, 2.05) is 0 Å². The SMILES string of the molecule is CCNC(=O)CNC(=O)N[C@@H](Cc1cnc[nH]1)C(=O)O. The number of nitrogens with one attached hydrogen (secondary N) is 4. The van der Waals surface area contributed by atoms with Crippen LogP contribution in [0.2, 0.25) is 0 Å². The first-order chi connectivity index (χ1) is 9.52. The highest BCUT2D eigenvalue weighted by Gasteiger charge is 2.21. The van der Waals surface area contributed by atoms with Gasteiger partial charge in [0.25, 0.3) is 0 Å². The molecule has 0 saturated carbocycles. The summed E-state index contributed by atoms with van der Waals surface area (Å²) in [5, 5.41) is 16.1. The molecule has 1 rings (SSSR count). The van der Waals surface area contributed by atoms with Crippen LogP contribution >= 0.6 is 0 Å². The van der Waals surface area contributed by atoms with Gasteiger partial charge in [-0.05, 0) is 6.92 Å². The van der Waals surface area contributed by atoms with Crippen molar-refractivity contribution in [2.75, 3.05) is 13.1 Å². The number of carboxylic acid groups (broad SMARTS) is 1. The van der Waals surface area contributed by atoms with Crippen molar-refractivity contribution in [2.24, 2.45) is 0 Å². The molecule has 1 heterocycles. The van der Waals surface area contributed by atoms with E-state index in [-0.39, 0.29) is 18.9 Å². The number of hydrogen-bond acceptors (Lipinski definition) is 4. The number of hydrogen-bond donors (Lipinski definition) is 5. The Morgan fingerprint density at radius 1 is 1.40 bits per heavy atom. The third kappa shape index (κ3) is 5.38. The molecule has 20 heavy (non-hydrogen) atoms. The molecule has 0 bridgehead atoms. The van der Waals surface area contributed by atoms with Crippen LogP contribution in [0.5, 0.6) is 0 Å². The Morgan fingerprint density at radius 2 is 2.15 bits per heavy atom. The highest BCUT2D eigenvalue weighted by molar-refractivity contribution is 5.86. The molecule has 1 aromatic heterocycles. The lowest BCUT2D eigenvalue weighted by molar-refractivity contribution is -0.139. The number of carbonyl (C=O) groups is 3. The molecular weight excluding hydrogens is 266 g/mol. The van der Waals surface area contributed by atoms with Crippen molar-refractivity contribution >= 4 is 17.9 Å². The summed E-state index contributed by atoms with van der Waals surface area (Å²) in [5.41, 5.74) is 0.585. The number of nitrogens with zero attached hydrogens (tertiary/aromatic N) is 1. The predicted molar refractivity (Wildman–Crippen MR) is 68.9 cm³/mol. The van der Waals surface area contributed by atoms with Gasteiger partial charge in [0.2, 0.25) is 5.91 Å². The molecule has 0 aliphatic rings. The molecule has 9 heteroatoms. The number of aromatic nitrogens is 2. The normalized spacial score (nSPS) is 11.4. The highest BCUT2D eigenvalue weighted by atomic mass is 16.4. The van der Waals surface area contributed by atoms with Crippen LogP contribution in [0.15, 0.2) is 12.5 Å². The maximum atomic E-state index is 11.5. The molecule has 3 amide bonds. The van der Waals surface area contributed by atoms with E-state index in [0.29, 0.717) is 12.2 Å². The van der Waals surface area contributed by atoms with Crippen LogP contribution in [0.3, 0.4) is 0 Å². The third-order valence-electron chi connectivity index (χ3n) is 2.37. The summed E-state index contributed by atoms with van der Waals surface area (Å²) in [6.07, 6.45) is 2.97. The van der Waals surface area contributed by atoms with Gasteiger partial charge in [-0.25, -0.2) is 14.6 Å². The molecule has 0 fully saturated rings. The van der Waals surface area contributed by atoms with Gasteiger partial charge in [0.15, 0.2) is 0 Å². The second-order valence-corrected chi connectivity index (χ2v) is 3.95. The number of carboxylic acids is 1. The Balaban J connectivity index is 2.43. The highest BCUT2D eigenvalue weighted by Crippen LogP contribution is 1.98. The van der Waals surface area contributed by atoms with E-state index in [1.54, 1.807) is 6.92 Å². The fraction of sp³-hybridized carbons (Fsp3) is 0.455. The van der Waals surface area contributed by atoms with Crippen LogP contribution in [0.1, 0.15) is 12.6 Å². The Bertz CT molecular complexity index is 459. The van der Waals surface area contributed by atoms with E-state index in [4.69, 9.17) is 5.11 Å².